The van der Waals surface area contributed by atoms with Crippen LogP contribution in [0.5, 0.6) is 0 Å². The van der Waals surface area contributed by atoms with Crippen molar-refractivity contribution in [1.29, 1.82) is 0 Å². The summed E-state index contributed by atoms with van der Waals surface area (Å²) in [5.41, 5.74) is 2.78. The molecule has 0 radical (unpaired) electrons. The predicted molar refractivity (Wildman–Crippen MR) is 84.8 cm³/mol. The first-order valence-electron chi connectivity index (χ1n) is 7.93. The van der Waals surface area contributed by atoms with Gasteiger partial charge in [-0.2, -0.15) is 5.10 Å². The van der Waals surface area contributed by atoms with Crippen LogP contribution < -0.4 is 5.32 Å². The third-order valence-electron chi connectivity index (χ3n) is 4.05. The van der Waals surface area contributed by atoms with Crippen molar-refractivity contribution in [3.8, 4) is 5.69 Å². The molecule has 1 heterocycles. The normalized spacial score (nSPS) is 12.9. The number of carboxylic acids is 1. The van der Waals surface area contributed by atoms with Gasteiger partial charge >= 0.3 is 5.97 Å². The maximum Gasteiger partial charge on any atom is 0.303 e. The molecule has 1 amide bonds. The lowest BCUT2D eigenvalue weighted by molar-refractivity contribution is -0.137. The number of amides is 1. The van der Waals surface area contributed by atoms with E-state index >= 15 is 0 Å². The number of carbonyl (C=O) groups excluding carboxylic acids is 1. The lowest BCUT2D eigenvalue weighted by atomic mass is 10.2. The first-order valence-corrected chi connectivity index (χ1v) is 7.93. The average Bonchev–Trinajstić information content (AvgIpc) is 3.13. The molecule has 0 spiro atoms. The number of rotatable bonds is 6. The van der Waals surface area contributed by atoms with E-state index in [2.05, 4.69) is 10.4 Å². The van der Waals surface area contributed by atoms with Gasteiger partial charge in [0.2, 0.25) is 0 Å². The van der Waals surface area contributed by atoms with Gasteiger partial charge in [0.15, 0.2) is 5.69 Å². The van der Waals surface area contributed by atoms with Gasteiger partial charge in [0, 0.05) is 24.2 Å². The molecule has 0 atom stereocenters. The first kappa shape index (κ1) is 16.2. The Balaban J connectivity index is 1.81. The van der Waals surface area contributed by atoms with E-state index < -0.39 is 5.97 Å². The van der Waals surface area contributed by atoms with E-state index in [9.17, 15) is 14.0 Å². The number of carbonyl (C=O) groups is 2. The van der Waals surface area contributed by atoms with E-state index in [4.69, 9.17) is 5.11 Å². The molecule has 0 saturated carbocycles. The minimum absolute atomic E-state index is 0.0100. The number of nitrogens with one attached hydrogen (secondary N) is 1. The van der Waals surface area contributed by atoms with Crippen LogP contribution in [0.25, 0.3) is 5.69 Å². The second kappa shape index (κ2) is 6.82. The van der Waals surface area contributed by atoms with Gasteiger partial charge in [0.05, 0.1) is 5.69 Å². The molecule has 24 heavy (non-hydrogen) atoms. The van der Waals surface area contributed by atoms with Gasteiger partial charge in [-0.15, -0.1) is 0 Å². The molecule has 0 unspecified atom stereocenters. The topological polar surface area (TPSA) is 84.2 Å². The van der Waals surface area contributed by atoms with Gasteiger partial charge in [-0.3, -0.25) is 9.59 Å². The molecule has 1 aromatic heterocycles. The Morgan fingerprint density at radius 3 is 2.92 bits per heavy atom. The van der Waals surface area contributed by atoms with Crippen LogP contribution in [-0.2, 0) is 17.6 Å². The van der Waals surface area contributed by atoms with Gasteiger partial charge in [-0.25, -0.2) is 9.07 Å². The average molecular weight is 331 g/mol. The van der Waals surface area contributed by atoms with E-state index in [1.165, 1.54) is 12.1 Å². The van der Waals surface area contributed by atoms with Crippen molar-refractivity contribution in [2.75, 3.05) is 6.54 Å². The summed E-state index contributed by atoms with van der Waals surface area (Å²) >= 11 is 0. The fraction of sp³-hybridized carbons (Fsp3) is 0.353. The van der Waals surface area contributed by atoms with Crippen molar-refractivity contribution in [2.24, 2.45) is 0 Å². The fourth-order valence-electron chi connectivity index (χ4n) is 2.97. The summed E-state index contributed by atoms with van der Waals surface area (Å²) in [6.45, 7) is 0.284. The lowest BCUT2D eigenvalue weighted by Gasteiger charge is -2.05. The third-order valence-corrected chi connectivity index (χ3v) is 4.05. The molecule has 0 bridgehead atoms. The Kier molecular flexibility index (Phi) is 4.59. The second-order valence-corrected chi connectivity index (χ2v) is 5.77. The van der Waals surface area contributed by atoms with Gasteiger partial charge in [-0.05, 0) is 43.9 Å². The Hall–Kier alpha value is -2.70. The molecule has 1 aliphatic carbocycles. The van der Waals surface area contributed by atoms with Crippen molar-refractivity contribution < 1.29 is 19.1 Å². The van der Waals surface area contributed by atoms with Gasteiger partial charge in [0.25, 0.3) is 5.91 Å². The molecule has 7 heteroatoms. The highest BCUT2D eigenvalue weighted by Crippen LogP contribution is 2.28. The Morgan fingerprint density at radius 1 is 1.33 bits per heavy atom. The quantitative estimate of drug-likeness (QED) is 0.794. The Labute approximate surface area is 138 Å². The van der Waals surface area contributed by atoms with E-state index in [-0.39, 0.29) is 24.7 Å². The smallest absolute Gasteiger partial charge is 0.303 e. The van der Waals surface area contributed by atoms with Crippen molar-refractivity contribution >= 4 is 11.9 Å². The summed E-state index contributed by atoms with van der Waals surface area (Å²) in [6, 6.07) is 6.12. The minimum Gasteiger partial charge on any atom is -0.481 e. The van der Waals surface area contributed by atoms with Gasteiger partial charge in [0.1, 0.15) is 5.82 Å². The van der Waals surface area contributed by atoms with Crippen LogP contribution in [0, 0.1) is 5.82 Å². The number of halogens is 1. The summed E-state index contributed by atoms with van der Waals surface area (Å²) in [4.78, 5) is 22.8. The van der Waals surface area contributed by atoms with Gasteiger partial charge in [-0.1, -0.05) is 6.07 Å². The van der Waals surface area contributed by atoms with E-state index in [0.29, 0.717) is 17.8 Å². The molecular weight excluding hydrogens is 313 g/mol. The van der Waals surface area contributed by atoms with E-state index in [1.54, 1.807) is 16.8 Å². The van der Waals surface area contributed by atoms with Crippen molar-refractivity contribution in [1.82, 2.24) is 15.1 Å². The zero-order valence-corrected chi connectivity index (χ0v) is 13.1. The van der Waals surface area contributed by atoms with Crippen molar-refractivity contribution in [3.63, 3.8) is 0 Å². The highest BCUT2D eigenvalue weighted by molar-refractivity contribution is 5.94. The van der Waals surface area contributed by atoms with Crippen LogP contribution in [0.15, 0.2) is 24.3 Å². The number of hydrogen-bond acceptors (Lipinski definition) is 3. The molecule has 126 valence electrons. The number of fused-ring (bicyclic) bond motifs is 1. The SMILES string of the molecule is O=C(O)CCCNC(=O)c1nn(-c2cccc(F)c2)c2c1CCC2. The number of benzene rings is 1. The molecule has 0 fully saturated rings. The maximum absolute atomic E-state index is 13.5. The zero-order chi connectivity index (χ0) is 17.1. The molecule has 1 aromatic carbocycles. The Bertz CT molecular complexity index is 785. The number of nitrogens with zero attached hydrogens (tertiary/aromatic N) is 2. The summed E-state index contributed by atoms with van der Waals surface area (Å²) in [5, 5.41) is 15.7. The van der Waals surface area contributed by atoms with Crippen LogP contribution in [0.3, 0.4) is 0 Å². The molecular formula is C17H18FN3O3. The van der Waals surface area contributed by atoms with Crippen LogP contribution in [0.4, 0.5) is 4.39 Å². The lowest BCUT2D eigenvalue weighted by Crippen LogP contribution is -2.26. The molecule has 1 aliphatic rings. The predicted octanol–water partition coefficient (Wildman–Crippen LogP) is 2.09. The van der Waals surface area contributed by atoms with Crippen molar-refractivity contribution in [2.45, 2.75) is 32.1 Å². The van der Waals surface area contributed by atoms with Gasteiger partial charge < -0.3 is 10.4 Å². The van der Waals surface area contributed by atoms with Crippen LogP contribution in [0.1, 0.15) is 41.0 Å². The molecule has 2 aromatic rings. The highest BCUT2D eigenvalue weighted by Gasteiger charge is 2.26. The standard InChI is InChI=1S/C17H18FN3O3/c18-11-4-1-5-12(10-11)21-14-7-2-6-13(14)16(20-21)17(24)19-9-3-8-15(22)23/h1,4-5,10H,2-3,6-9H2,(H,19,24)(H,22,23). The molecule has 3 rings (SSSR count). The number of carboxylic acid groups (broad SMARTS) is 1. The van der Waals surface area contributed by atoms with Crippen LogP contribution >= 0.6 is 0 Å². The van der Waals surface area contributed by atoms with Crippen LogP contribution in [-0.4, -0.2) is 33.3 Å². The first-order chi connectivity index (χ1) is 11.6. The molecule has 0 aliphatic heterocycles. The Morgan fingerprint density at radius 2 is 2.17 bits per heavy atom. The zero-order valence-electron chi connectivity index (χ0n) is 13.1. The van der Waals surface area contributed by atoms with E-state index in [0.717, 1.165) is 30.5 Å². The highest BCUT2D eigenvalue weighted by atomic mass is 19.1. The largest absolute Gasteiger partial charge is 0.481 e. The summed E-state index contributed by atoms with van der Waals surface area (Å²) in [5.74, 6) is -1.55. The van der Waals surface area contributed by atoms with Crippen LogP contribution in [0.2, 0.25) is 0 Å². The minimum atomic E-state index is -0.888. The maximum atomic E-state index is 13.5. The monoisotopic (exact) mass is 331 g/mol. The third kappa shape index (κ3) is 3.29. The van der Waals surface area contributed by atoms with E-state index in [1.807, 2.05) is 0 Å². The van der Waals surface area contributed by atoms with Crippen molar-refractivity contribution in [3.05, 3.63) is 47.0 Å². The number of aliphatic carboxylic acids is 1. The number of hydrogen-bond donors (Lipinski definition) is 2. The molecule has 6 nitrogen and oxygen atoms in total. The molecule has 2 N–H and O–H groups in total. The fourth-order valence-corrected chi connectivity index (χ4v) is 2.97. The molecule has 0 saturated heterocycles. The summed E-state index contributed by atoms with van der Waals surface area (Å²) in [7, 11) is 0. The summed E-state index contributed by atoms with van der Waals surface area (Å²) in [6.07, 6.45) is 2.87. The summed E-state index contributed by atoms with van der Waals surface area (Å²) < 4.78 is 15.1. The second-order valence-electron chi connectivity index (χ2n) is 5.77. The number of aromatic nitrogens is 2.